The molecule has 3 rings (SSSR count). The highest BCUT2D eigenvalue weighted by molar-refractivity contribution is 5.97. The minimum Gasteiger partial charge on any atom is -0.481 e. The van der Waals surface area contributed by atoms with Crippen molar-refractivity contribution in [1.29, 1.82) is 0 Å². The second-order valence-corrected chi connectivity index (χ2v) is 7.60. The van der Waals surface area contributed by atoms with E-state index < -0.39 is 12.0 Å². The van der Waals surface area contributed by atoms with Crippen molar-refractivity contribution in [2.75, 3.05) is 39.3 Å². The number of ether oxygens (including phenoxy) is 1. The second-order valence-electron chi connectivity index (χ2n) is 7.60. The number of aliphatic carboxylic acids is 1. The Bertz CT molecular complexity index is 844. The number of carboxylic acids is 1. The lowest BCUT2D eigenvalue weighted by molar-refractivity contribution is -0.138. The topological polar surface area (TPSA) is 136 Å². The minimum absolute atomic E-state index is 0.147. The maximum atomic E-state index is 12.9. The average Bonchev–Trinajstić information content (AvgIpc) is 3.13. The van der Waals surface area contributed by atoms with Gasteiger partial charge in [0.1, 0.15) is 0 Å². The molecule has 11 heteroatoms. The lowest BCUT2D eigenvalue weighted by atomic mass is 10.0. The molecule has 0 unspecified atom stereocenters. The molecule has 0 saturated carbocycles. The van der Waals surface area contributed by atoms with Crippen molar-refractivity contribution < 1.29 is 24.2 Å². The average molecular weight is 447 g/mol. The Morgan fingerprint density at radius 1 is 1.34 bits per heavy atom. The van der Waals surface area contributed by atoms with E-state index in [1.807, 2.05) is 6.92 Å². The van der Waals surface area contributed by atoms with Gasteiger partial charge < -0.3 is 25.0 Å². The minimum atomic E-state index is -0.994. The van der Waals surface area contributed by atoms with Crippen LogP contribution in [0.15, 0.2) is 23.3 Å². The number of aromatic nitrogens is 1. The quantitative estimate of drug-likeness (QED) is 0.487. The van der Waals surface area contributed by atoms with E-state index in [-0.39, 0.29) is 24.8 Å². The predicted molar refractivity (Wildman–Crippen MR) is 116 cm³/mol. The number of guanidine groups is 1. The van der Waals surface area contributed by atoms with Gasteiger partial charge in [-0.05, 0) is 25.3 Å². The Morgan fingerprint density at radius 3 is 2.84 bits per heavy atom. The number of hydrogen-bond acceptors (Lipinski definition) is 7. The monoisotopic (exact) mass is 446 g/mol. The number of aliphatic imine (C=N–C) groups is 1. The first-order valence-corrected chi connectivity index (χ1v) is 10.9. The van der Waals surface area contributed by atoms with Crippen LogP contribution >= 0.6 is 0 Å². The van der Waals surface area contributed by atoms with E-state index in [1.165, 1.54) is 0 Å². The zero-order valence-corrected chi connectivity index (χ0v) is 18.2. The first-order chi connectivity index (χ1) is 15.5. The van der Waals surface area contributed by atoms with Crippen LogP contribution in [0.5, 0.6) is 5.88 Å². The summed E-state index contributed by atoms with van der Waals surface area (Å²) in [6.07, 6.45) is 3.06. The normalized spacial score (nSPS) is 16.9. The van der Waals surface area contributed by atoms with Gasteiger partial charge in [0.05, 0.1) is 19.1 Å². The highest BCUT2D eigenvalue weighted by atomic mass is 16.5. The van der Waals surface area contributed by atoms with Crippen molar-refractivity contribution in [1.82, 2.24) is 25.4 Å². The zero-order valence-electron chi connectivity index (χ0n) is 18.2. The molecule has 11 nitrogen and oxygen atoms in total. The summed E-state index contributed by atoms with van der Waals surface area (Å²) >= 11 is 0. The van der Waals surface area contributed by atoms with Gasteiger partial charge in [0, 0.05) is 51.4 Å². The predicted octanol–water partition coefficient (Wildman–Crippen LogP) is 0.979. The molecule has 0 radical (unpaired) electrons. The van der Waals surface area contributed by atoms with Crippen LogP contribution in [-0.2, 0) is 9.59 Å². The van der Waals surface area contributed by atoms with Gasteiger partial charge in [0.25, 0.3) is 0 Å². The van der Waals surface area contributed by atoms with Crippen molar-refractivity contribution in [3.63, 3.8) is 0 Å². The summed E-state index contributed by atoms with van der Waals surface area (Å²) in [6.45, 7) is 5.13. The fourth-order valence-electron chi connectivity index (χ4n) is 3.73. The molecule has 3 amide bonds. The van der Waals surface area contributed by atoms with Gasteiger partial charge in [0.2, 0.25) is 11.8 Å². The van der Waals surface area contributed by atoms with E-state index in [2.05, 4.69) is 20.6 Å². The second kappa shape index (κ2) is 11.3. The number of amides is 3. The number of urea groups is 1. The summed E-state index contributed by atoms with van der Waals surface area (Å²) in [5, 5.41) is 15.2. The number of rotatable bonds is 10. The summed E-state index contributed by atoms with van der Waals surface area (Å²) in [5.74, 6) is -0.186. The molecule has 0 spiro atoms. The van der Waals surface area contributed by atoms with Crippen molar-refractivity contribution in [2.45, 2.75) is 38.6 Å². The van der Waals surface area contributed by atoms with Crippen molar-refractivity contribution >= 4 is 23.9 Å². The largest absolute Gasteiger partial charge is 0.481 e. The van der Waals surface area contributed by atoms with Gasteiger partial charge in [-0.2, -0.15) is 0 Å². The smallest absolute Gasteiger partial charge is 0.320 e. The molecule has 1 fully saturated rings. The molecule has 1 atom stereocenters. The van der Waals surface area contributed by atoms with E-state index in [1.54, 1.807) is 28.1 Å². The Balaban J connectivity index is 1.54. The molecule has 1 aromatic heterocycles. The van der Waals surface area contributed by atoms with Gasteiger partial charge in [-0.3, -0.25) is 19.9 Å². The third-order valence-electron chi connectivity index (χ3n) is 5.29. The number of nitrogens with zero attached hydrogens (tertiary/aromatic N) is 4. The lowest BCUT2D eigenvalue weighted by Crippen LogP contribution is -2.43. The Kier molecular flexibility index (Phi) is 8.23. The number of carbonyl (C=O) groups excluding carboxylic acids is 2. The number of carbonyl (C=O) groups is 3. The maximum absolute atomic E-state index is 12.9. The molecule has 3 N–H and O–H groups in total. The van der Waals surface area contributed by atoms with E-state index in [4.69, 9.17) is 4.74 Å². The summed E-state index contributed by atoms with van der Waals surface area (Å²) in [5.41, 5.74) is 0.645. The molecule has 2 aliphatic rings. The lowest BCUT2D eigenvalue weighted by Gasteiger charge is -2.27. The molecule has 0 aromatic carbocycles. The summed E-state index contributed by atoms with van der Waals surface area (Å²) in [6, 6.07) is 2.57. The number of nitrogens with one attached hydrogen (secondary N) is 2. The molecule has 0 bridgehead atoms. The van der Waals surface area contributed by atoms with Crippen LogP contribution in [0.4, 0.5) is 4.79 Å². The van der Waals surface area contributed by atoms with Crippen molar-refractivity contribution in [3.05, 3.63) is 23.9 Å². The van der Waals surface area contributed by atoms with Gasteiger partial charge in [-0.15, -0.1) is 0 Å². The Hall–Kier alpha value is -3.37. The van der Waals surface area contributed by atoms with Crippen LogP contribution in [-0.4, -0.2) is 83.1 Å². The number of hydrogen-bond donors (Lipinski definition) is 3. The molecule has 3 heterocycles. The van der Waals surface area contributed by atoms with Gasteiger partial charge >= 0.3 is 12.0 Å². The fraction of sp³-hybridized carbons (Fsp3) is 0.571. The highest BCUT2D eigenvalue weighted by Crippen LogP contribution is 2.29. The maximum Gasteiger partial charge on any atom is 0.320 e. The Labute approximate surface area is 186 Å². The van der Waals surface area contributed by atoms with E-state index in [0.29, 0.717) is 56.6 Å². The number of carboxylic acid groups (broad SMARTS) is 1. The van der Waals surface area contributed by atoms with E-state index >= 15 is 0 Å². The van der Waals surface area contributed by atoms with Crippen molar-refractivity contribution in [2.24, 2.45) is 4.99 Å². The first kappa shape index (κ1) is 23.3. The summed E-state index contributed by atoms with van der Waals surface area (Å²) < 4.78 is 5.34. The van der Waals surface area contributed by atoms with Crippen LogP contribution in [0.3, 0.4) is 0 Å². The molecule has 1 aromatic rings. The molecule has 1 saturated heterocycles. The van der Waals surface area contributed by atoms with E-state index in [9.17, 15) is 19.5 Å². The molecule has 2 aliphatic heterocycles. The Morgan fingerprint density at radius 2 is 2.19 bits per heavy atom. The van der Waals surface area contributed by atoms with Crippen LogP contribution in [0.25, 0.3) is 0 Å². The SMILES string of the molecule is CCOc1ccc([C@H](CC(=O)O)N2CCN(CCCC(=O)NC3=NCCCN3)C2=O)cn1. The van der Waals surface area contributed by atoms with Crippen LogP contribution in [0.1, 0.15) is 44.2 Å². The highest BCUT2D eigenvalue weighted by Gasteiger charge is 2.35. The molecular formula is C21H30N6O5. The van der Waals surface area contributed by atoms with Gasteiger partial charge in [-0.1, -0.05) is 6.07 Å². The van der Waals surface area contributed by atoms with Gasteiger partial charge in [-0.25, -0.2) is 9.78 Å². The van der Waals surface area contributed by atoms with Crippen LogP contribution in [0, 0.1) is 0 Å². The molecule has 32 heavy (non-hydrogen) atoms. The van der Waals surface area contributed by atoms with Gasteiger partial charge in [0.15, 0.2) is 5.96 Å². The van der Waals surface area contributed by atoms with Crippen LogP contribution in [0.2, 0.25) is 0 Å². The fourth-order valence-corrected chi connectivity index (χ4v) is 3.73. The third-order valence-corrected chi connectivity index (χ3v) is 5.29. The van der Waals surface area contributed by atoms with Crippen LogP contribution < -0.4 is 15.4 Å². The third kappa shape index (κ3) is 6.32. The summed E-state index contributed by atoms with van der Waals surface area (Å²) in [4.78, 5) is 48.1. The standard InChI is InChI=1S/C21H30N6O5/c1-2-32-18-7-6-15(14-24-18)16(13-19(29)30)27-12-11-26(21(27)31)10-3-5-17(28)25-20-22-8-4-9-23-20/h6-7,14,16H,2-5,8-13H2,1H3,(H,29,30)(H2,22,23,25,28)/t16-/m0/s1. The molecule has 174 valence electrons. The molecular weight excluding hydrogens is 416 g/mol. The molecule has 0 aliphatic carbocycles. The van der Waals surface area contributed by atoms with Crippen molar-refractivity contribution in [3.8, 4) is 5.88 Å². The van der Waals surface area contributed by atoms with E-state index in [0.717, 1.165) is 13.0 Å². The number of pyridine rings is 1. The zero-order chi connectivity index (χ0) is 22.9. The summed E-state index contributed by atoms with van der Waals surface area (Å²) in [7, 11) is 0. The first-order valence-electron chi connectivity index (χ1n) is 10.9.